The maximum Gasteiger partial charge on any atom is 0.272 e. The van der Waals surface area contributed by atoms with Gasteiger partial charge in [0.05, 0.1) is 23.0 Å². The maximum atomic E-state index is 12.9. The number of amides is 1. The number of fused-ring (bicyclic) bond motifs is 1. The van der Waals surface area contributed by atoms with Crippen LogP contribution in [0.25, 0.3) is 22.2 Å². The Morgan fingerprint density at radius 1 is 1.00 bits per heavy atom. The first-order valence-corrected chi connectivity index (χ1v) is 9.19. The predicted molar refractivity (Wildman–Crippen MR) is 115 cm³/mol. The molecule has 1 aromatic heterocycles. The van der Waals surface area contributed by atoms with Crippen LogP contribution in [0.5, 0.6) is 5.75 Å². The van der Waals surface area contributed by atoms with Crippen LogP contribution in [0.2, 0.25) is 0 Å². The largest absolute Gasteiger partial charge is 0.508 e. The van der Waals surface area contributed by atoms with Crippen LogP contribution in [0, 0.1) is 6.92 Å². The lowest BCUT2D eigenvalue weighted by Gasteiger charge is -2.10. The fourth-order valence-corrected chi connectivity index (χ4v) is 3.07. The quantitative estimate of drug-likeness (QED) is 0.398. The molecule has 3 aromatic carbocycles. The molecular formula is C24H19N3O2. The minimum absolute atomic E-state index is 0.179. The van der Waals surface area contributed by atoms with Gasteiger partial charge in [-0.05, 0) is 55.0 Å². The van der Waals surface area contributed by atoms with Crippen molar-refractivity contribution in [2.45, 2.75) is 6.92 Å². The molecule has 0 spiro atoms. The minimum atomic E-state index is -0.310. The summed E-state index contributed by atoms with van der Waals surface area (Å²) in [4.78, 5) is 17.6. The highest BCUT2D eigenvalue weighted by Crippen LogP contribution is 2.25. The smallest absolute Gasteiger partial charge is 0.272 e. The number of aromatic nitrogens is 1. The summed E-state index contributed by atoms with van der Waals surface area (Å²) in [5.74, 6) is -0.131. The molecule has 0 aliphatic carbocycles. The molecule has 29 heavy (non-hydrogen) atoms. The number of phenols is 1. The summed E-state index contributed by atoms with van der Waals surface area (Å²) >= 11 is 0. The molecule has 1 heterocycles. The lowest BCUT2D eigenvalue weighted by molar-refractivity contribution is 0.0956. The average Bonchev–Trinajstić information content (AvgIpc) is 2.75. The van der Waals surface area contributed by atoms with Crippen LogP contribution in [-0.2, 0) is 0 Å². The zero-order chi connectivity index (χ0) is 20.2. The van der Waals surface area contributed by atoms with Gasteiger partial charge in [0, 0.05) is 10.9 Å². The number of nitrogens with one attached hydrogen (secondary N) is 1. The van der Waals surface area contributed by atoms with Crippen molar-refractivity contribution in [1.29, 1.82) is 0 Å². The number of benzene rings is 3. The molecule has 1 amide bonds. The molecule has 0 saturated carbocycles. The number of aryl methyl sites for hydroxylation is 1. The predicted octanol–water partition coefficient (Wildman–Crippen LogP) is 4.68. The van der Waals surface area contributed by atoms with Crippen molar-refractivity contribution in [2.75, 3.05) is 0 Å². The van der Waals surface area contributed by atoms with Crippen molar-refractivity contribution in [3.63, 3.8) is 0 Å². The van der Waals surface area contributed by atoms with Crippen molar-refractivity contribution in [3.8, 4) is 17.0 Å². The fourth-order valence-electron chi connectivity index (χ4n) is 3.07. The van der Waals surface area contributed by atoms with Crippen LogP contribution in [0.15, 0.2) is 84.0 Å². The number of carbonyl (C=O) groups is 1. The van der Waals surface area contributed by atoms with E-state index < -0.39 is 0 Å². The second-order valence-electron chi connectivity index (χ2n) is 6.73. The molecule has 0 bridgehead atoms. The van der Waals surface area contributed by atoms with E-state index in [4.69, 9.17) is 4.98 Å². The Bertz CT molecular complexity index is 1200. The van der Waals surface area contributed by atoms with E-state index in [1.807, 2.05) is 55.5 Å². The van der Waals surface area contributed by atoms with Crippen LogP contribution >= 0.6 is 0 Å². The number of aromatic hydroxyl groups is 1. The Labute approximate surface area is 168 Å². The lowest BCUT2D eigenvalue weighted by Crippen LogP contribution is -2.18. The van der Waals surface area contributed by atoms with Crippen LogP contribution in [0.1, 0.15) is 21.5 Å². The number of nitrogens with zero attached hydrogens (tertiary/aromatic N) is 2. The number of hydrogen-bond acceptors (Lipinski definition) is 4. The third kappa shape index (κ3) is 4.14. The van der Waals surface area contributed by atoms with E-state index in [1.54, 1.807) is 30.3 Å². The Morgan fingerprint density at radius 3 is 2.52 bits per heavy atom. The van der Waals surface area contributed by atoms with Gasteiger partial charge in [-0.15, -0.1) is 0 Å². The van der Waals surface area contributed by atoms with Gasteiger partial charge < -0.3 is 5.11 Å². The van der Waals surface area contributed by atoms with Gasteiger partial charge in [0.1, 0.15) is 5.75 Å². The van der Waals surface area contributed by atoms with Crippen LogP contribution in [0.4, 0.5) is 0 Å². The van der Waals surface area contributed by atoms with E-state index in [-0.39, 0.29) is 11.7 Å². The molecule has 0 saturated heterocycles. The Hall–Kier alpha value is -3.99. The lowest BCUT2D eigenvalue weighted by atomic mass is 10.0. The standard InChI is InChI=1S/C24H19N3O2/c1-16-7-12-22-20(13-16)21(14-23(26-22)18-5-3-2-4-6-18)24(29)27-25-15-17-8-10-19(28)11-9-17/h2-15,28H,1H3,(H,27,29)/b25-15+. The second-order valence-corrected chi connectivity index (χ2v) is 6.73. The molecule has 0 unspecified atom stereocenters. The number of hydrogen-bond donors (Lipinski definition) is 2. The molecule has 0 fully saturated rings. The highest BCUT2D eigenvalue weighted by Gasteiger charge is 2.14. The average molecular weight is 381 g/mol. The zero-order valence-corrected chi connectivity index (χ0v) is 15.8. The highest BCUT2D eigenvalue weighted by molar-refractivity contribution is 6.07. The Balaban J connectivity index is 1.69. The van der Waals surface area contributed by atoms with Crippen LogP contribution in [-0.4, -0.2) is 22.2 Å². The van der Waals surface area contributed by atoms with E-state index in [9.17, 15) is 9.90 Å². The van der Waals surface area contributed by atoms with Gasteiger partial charge in [-0.1, -0.05) is 42.0 Å². The molecule has 0 aliphatic heterocycles. The number of phenolic OH excluding ortho intramolecular Hbond substituents is 1. The number of pyridine rings is 1. The third-order valence-electron chi connectivity index (χ3n) is 4.55. The van der Waals surface area contributed by atoms with E-state index in [0.29, 0.717) is 5.56 Å². The molecule has 0 radical (unpaired) electrons. The van der Waals surface area contributed by atoms with E-state index >= 15 is 0 Å². The summed E-state index contributed by atoms with van der Waals surface area (Å²) in [5.41, 5.74) is 7.35. The molecular weight excluding hydrogens is 362 g/mol. The van der Waals surface area contributed by atoms with Gasteiger partial charge in [0.15, 0.2) is 0 Å². The van der Waals surface area contributed by atoms with E-state index in [0.717, 1.165) is 33.3 Å². The van der Waals surface area contributed by atoms with Gasteiger partial charge >= 0.3 is 0 Å². The van der Waals surface area contributed by atoms with Gasteiger partial charge in [0.2, 0.25) is 0 Å². The third-order valence-corrected chi connectivity index (χ3v) is 4.55. The molecule has 4 aromatic rings. The number of hydrazone groups is 1. The van der Waals surface area contributed by atoms with Crippen molar-refractivity contribution >= 4 is 23.0 Å². The normalized spacial score (nSPS) is 11.1. The molecule has 5 nitrogen and oxygen atoms in total. The van der Waals surface area contributed by atoms with E-state index in [1.165, 1.54) is 6.21 Å². The first-order valence-electron chi connectivity index (χ1n) is 9.19. The molecule has 4 rings (SSSR count). The fraction of sp³-hybridized carbons (Fsp3) is 0.0417. The SMILES string of the molecule is Cc1ccc2nc(-c3ccccc3)cc(C(=O)N/N=C/c3ccc(O)cc3)c2c1. The number of rotatable bonds is 4. The molecule has 0 aliphatic rings. The van der Waals surface area contributed by atoms with Crippen LogP contribution in [0.3, 0.4) is 0 Å². The minimum Gasteiger partial charge on any atom is -0.508 e. The first kappa shape index (κ1) is 18.4. The Kier molecular flexibility index (Phi) is 5.03. The second kappa shape index (κ2) is 7.94. The molecule has 142 valence electrons. The summed E-state index contributed by atoms with van der Waals surface area (Å²) in [7, 11) is 0. The Morgan fingerprint density at radius 2 is 1.76 bits per heavy atom. The topological polar surface area (TPSA) is 74.6 Å². The zero-order valence-electron chi connectivity index (χ0n) is 15.8. The van der Waals surface area contributed by atoms with Crippen LogP contribution < -0.4 is 5.43 Å². The van der Waals surface area contributed by atoms with Crippen molar-refractivity contribution in [3.05, 3.63) is 95.6 Å². The summed E-state index contributed by atoms with van der Waals surface area (Å²) in [6.07, 6.45) is 1.53. The first-order chi connectivity index (χ1) is 14.1. The van der Waals surface area contributed by atoms with Crippen molar-refractivity contribution in [1.82, 2.24) is 10.4 Å². The van der Waals surface area contributed by atoms with Crippen molar-refractivity contribution < 1.29 is 9.90 Å². The van der Waals surface area contributed by atoms with Gasteiger partial charge in [-0.3, -0.25) is 4.79 Å². The molecule has 5 heteroatoms. The summed E-state index contributed by atoms with van der Waals surface area (Å²) < 4.78 is 0. The molecule has 0 atom stereocenters. The van der Waals surface area contributed by atoms with Gasteiger partial charge in [-0.25, -0.2) is 10.4 Å². The molecule has 2 N–H and O–H groups in total. The number of carbonyl (C=O) groups excluding carboxylic acids is 1. The highest BCUT2D eigenvalue weighted by atomic mass is 16.3. The maximum absolute atomic E-state index is 12.9. The monoisotopic (exact) mass is 381 g/mol. The van der Waals surface area contributed by atoms with E-state index in [2.05, 4.69) is 10.5 Å². The summed E-state index contributed by atoms with van der Waals surface area (Å²) in [6, 6.07) is 24.0. The summed E-state index contributed by atoms with van der Waals surface area (Å²) in [6.45, 7) is 1.98. The van der Waals surface area contributed by atoms with Gasteiger partial charge in [-0.2, -0.15) is 5.10 Å². The van der Waals surface area contributed by atoms with Gasteiger partial charge in [0.25, 0.3) is 5.91 Å². The summed E-state index contributed by atoms with van der Waals surface area (Å²) in [5, 5.41) is 14.2. The van der Waals surface area contributed by atoms with Crippen molar-refractivity contribution in [2.24, 2.45) is 5.10 Å².